The topological polar surface area (TPSA) is 107 Å². The molecule has 0 bridgehead atoms. The van der Waals surface area contributed by atoms with Crippen molar-refractivity contribution in [2.75, 3.05) is 15.7 Å². The van der Waals surface area contributed by atoms with E-state index in [-0.39, 0.29) is 34.2 Å². The minimum atomic E-state index is -4.96. The maximum absolute atomic E-state index is 13.7. The van der Waals surface area contributed by atoms with Gasteiger partial charge in [0, 0.05) is 11.1 Å². The standard InChI is InChI=1S/C25H29F3N2O6S/c1-16-6-9-19(10-7-16)37(34,35)29-14-18(13-23(2,3)15-31)36-21-11-8-17(12-20(21)29)30(22(32)33)24(4,5)25(26,27)28/h6-12,15,18H,13-14H2,1-5H3,(H,32,33)/p-1/t18-/m0/s1. The number of hydrogen-bond donors (Lipinski definition) is 0. The van der Waals surface area contributed by atoms with Crippen molar-refractivity contribution < 1.29 is 41.0 Å². The molecule has 0 unspecified atom stereocenters. The van der Waals surface area contributed by atoms with E-state index in [0.717, 1.165) is 28.3 Å². The number of carbonyl (C=O) groups is 2. The van der Waals surface area contributed by atoms with Crippen LogP contribution in [-0.2, 0) is 14.8 Å². The number of fused-ring (bicyclic) bond motifs is 1. The highest BCUT2D eigenvalue weighted by atomic mass is 32.2. The molecule has 12 heteroatoms. The van der Waals surface area contributed by atoms with Crippen LogP contribution in [0.4, 0.5) is 29.3 Å². The lowest BCUT2D eigenvalue weighted by molar-refractivity contribution is -0.254. The van der Waals surface area contributed by atoms with Gasteiger partial charge in [-0.3, -0.25) is 4.31 Å². The molecule has 37 heavy (non-hydrogen) atoms. The molecule has 202 valence electrons. The number of rotatable bonds is 7. The second-order valence-electron chi connectivity index (χ2n) is 10.2. The van der Waals surface area contributed by atoms with Crippen LogP contribution in [0.15, 0.2) is 47.4 Å². The smallest absolute Gasteiger partial charge is 0.411 e. The van der Waals surface area contributed by atoms with Crippen molar-refractivity contribution in [1.29, 1.82) is 0 Å². The molecule has 3 rings (SSSR count). The SMILES string of the molecule is Cc1ccc(S(=O)(=O)N2C[C@H](CC(C)(C)C=O)Oc3ccc(N(C(=O)[O-])C(C)(C)C(F)(F)F)cc32)cc1. The average molecular weight is 542 g/mol. The third-order valence-corrected chi connectivity index (χ3v) is 8.04. The summed E-state index contributed by atoms with van der Waals surface area (Å²) in [6.45, 7) is 6.21. The number of aryl methyl sites for hydroxylation is 1. The maximum atomic E-state index is 13.7. The van der Waals surface area contributed by atoms with Gasteiger partial charge >= 0.3 is 6.18 Å². The molecular weight excluding hydrogens is 513 g/mol. The summed E-state index contributed by atoms with van der Waals surface area (Å²) in [4.78, 5) is 23.3. The normalized spacial score (nSPS) is 16.5. The largest absolute Gasteiger partial charge is 0.530 e. The van der Waals surface area contributed by atoms with Crippen LogP contribution in [0.1, 0.15) is 39.7 Å². The fraction of sp³-hybridized carbons (Fsp3) is 0.440. The lowest BCUT2D eigenvalue weighted by Crippen LogP contribution is -2.60. The van der Waals surface area contributed by atoms with Crippen molar-refractivity contribution in [2.45, 2.75) is 63.8 Å². The van der Waals surface area contributed by atoms with Gasteiger partial charge in [-0.1, -0.05) is 31.5 Å². The Morgan fingerprint density at radius 1 is 1.14 bits per heavy atom. The van der Waals surface area contributed by atoms with Crippen LogP contribution in [0.3, 0.4) is 0 Å². The molecule has 1 aliphatic heterocycles. The van der Waals surface area contributed by atoms with Crippen molar-refractivity contribution in [3.8, 4) is 5.75 Å². The van der Waals surface area contributed by atoms with E-state index in [1.54, 1.807) is 32.9 Å². The summed E-state index contributed by atoms with van der Waals surface area (Å²) in [6, 6.07) is 9.31. The molecule has 2 aromatic rings. The van der Waals surface area contributed by atoms with Crippen molar-refractivity contribution >= 4 is 33.8 Å². The number of benzene rings is 2. The Hall–Kier alpha value is -3.28. The predicted octanol–water partition coefficient (Wildman–Crippen LogP) is 4.06. The third kappa shape index (κ3) is 5.53. The zero-order valence-electron chi connectivity index (χ0n) is 21.0. The lowest BCUT2D eigenvalue weighted by Gasteiger charge is -2.42. The molecule has 0 radical (unpaired) electrons. The average Bonchev–Trinajstić information content (AvgIpc) is 2.77. The summed E-state index contributed by atoms with van der Waals surface area (Å²) in [7, 11) is -4.25. The Kier molecular flexibility index (Phi) is 7.30. The summed E-state index contributed by atoms with van der Waals surface area (Å²) in [5.41, 5.74) is -3.49. The number of aldehydes is 1. The zero-order chi connectivity index (χ0) is 28.0. The third-order valence-electron chi connectivity index (χ3n) is 6.25. The predicted molar refractivity (Wildman–Crippen MR) is 129 cm³/mol. The zero-order valence-corrected chi connectivity index (χ0v) is 21.8. The van der Waals surface area contributed by atoms with Gasteiger partial charge in [-0.05, 0) is 57.5 Å². The number of alkyl halides is 3. The van der Waals surface area contributed by atoms with E-state index in [9.17, 15) is 36.3 Å². The maximum Gasteiger partial charge on any atom is 0.411 e. The fourth-order valence-corrected chi connectivity index (χ4v) is 5.53. The molecule has 0 aromatic heterocycles. The number of ether oxygens (including phenoxy) is 1. The van der Waals surface area contributed by atoms with Gasteiger partial charge < -0.3 is 24.3 Å². The molecule has 0 N–H and O–H groups in total. The lowest BCUT2D eigenvalue weighted by atomic mass is 9.88. The Balaban J connectivity index is 2.19. The number of hydrogen-bond acceptors (Lipinski definition) is 6. The van der Waals surface area contributed by atoms with Gasteiger partial charge in [-0.2, -0.15) is 13.2 Å². The number of carbonyl (C=O) groups excluding carboxylic acids is 2. The highest BCUT2D eigenvalue weighted by Gasteiger charge is 2.52. The van der Waals surface area contributed by atoms with Gasteiger partial charge in [0.25, 0.3) is 10.0 Å². The molecule has 0 aliphatic carbocycles. The molecule has 1 heterocycles. The number of anilines is 2. The Bertz CT molecular complexity index is 1290. The summed E-state index contributed by atoms with van der Waals surface area (Å²) in [6.07, 6.45) is -6.95. The van der Waals surface area contributed by atoms with Crippen LogP contribution in [0.2, 0.25) is 0 Å². The Morgan fingerprint density at radius 3 is 2.24 bits per heavy atom. The van der Waals surface area contributed by atoms with Gasteiger partial charge in [0.1, 0.15) is 29.8 Å². The molecule has 2 aromatic carbocycles. The molecule has 1 amide bonds. The second-order valence-corrected chi connectivity index (χ2v) is 12.1. The number of nitrogens with zero attached hydrogens (tertiary/aromatic N) is 2. The molecule has 1 aliphatic rings. The molecular formula is C25H28F3N2O6S-. The van der Waals surface area contributed by atoms with Gasteiger partial charge in [0.05, 0.1) is 17.1 Å². The monoisotopic (exact) mass is 541 g/mol. The first kappa shape index (κ1) is 28.3. The number of sulfonamides is 1. The van der Waals surface area contributed by atoms with E-state index < -0.39 is 45.0 Å². The highest BCUT2D eigenvalue weighted by molar-refractivity contribution is 7.92. The van der Waals surface area contributed by atoms with Crippen molar-refractivity contribution in [2.24, 2.45) is 5.41 Å². The highest BCUT2D eigenvalue weighted by Crippen LogP contribution is 2.44. The van der Waals surface area contributed by atoms with Gasteiger partial charge in [0.15, 0.2) is 0 Å². The second kappa shape index (κ2) is 9.55. The quantitative estimate of drug-likeness (QED) is 0.490. The van der Waals surface area contributed by atoms with E-state index in [1.807, 2.05) is 0 Å². The minimum Gasteiger partial charge on any atom is -0.530 e. The van der Waals surface area contributed by atoms with Gasteiger partial charge in [0.2, 0.25) is 0 Å². The fourth-order valence-electron chi connectivity index (χ4n) is 4.03. The first-order chi connectivity index (χ1) is 16.9. The van der Waals surface area contributed by atoms with E-state index in [0.29, 0.717) is 13.8 Å². The minimum absolute atomic E-state index is 0.0144. The van der Waals surface area contributed by atoms with Gasteiger partial charge in [-0.15, -0.1) is 0 Å². The van der Waals surface area contributed by atoms with Crippen LogP contribution in [-0.4, -0.2) is 45.2 Å². The summed E-state index contributed by atoms with van der Waals surface area (Å²) >= 11 is 0. The number of carboxylic acid groups (broad SMARTS) is 1. The van der Waals surface area contributed by atoms with E-state index in [1.165, 1.54) is 18.2 Å². The number of halogens is 3. The van der Waals surface area contributed by atoms with Gasteiger partial charge in [-0.25, -0.2) is 8.42 Å². The first-order valence-corrected chi connectivity index (χ1v) is 12.8. The molecule has 1 atom stereocenters. The molecule has 8 nitrogen and oxygen atoms in total. The summed E-state index contributed by atoms with van der Waals surface area (Å²) < 4.78 is 75.5. The Morgan fingerprint density at radius 2 is 1.73 bits per heavy atom. The van der Waals surface area contributed by atoms with Crippen molar-refractivity contribution in [3.63, 3.8) is 0 Å². The molecule has 0 spiro atoms. The molecule has 0 fully saturated rings. The van der Waals surface area contributed by atoms with E-state index in [2.05, 4.69) is 0 Å². The van der Waals surface area contributed by atoms with Crippen LogP contribution < -0.4 is 19.0 Å². The van der Waals surface area contributed by atoms with Crippen LogP contribution in [0, 0.1) is 12.3 Å². The summed E-state index contributed by atoms with van der Waals surface area (Å²) in [5.74, 6) is 0.0144. The molecule has 0 saturated heterocycles. The van der Waals surface area contributed by atoms with Crippen LogP contribution >= 0.6 is 0 Å². The van der Waals surface area contributed by atoms with Crippen LogP contribution in [0.5, 0.6) is 5.75 Å². The van der Waals surface area contributed by atoms with Crippen LogP contribution in [0.25, 0.3) is 0 Å². The summed E-state index contributed by atoms with van der Waals surface area (Å²) in [5, 5.41) is 11.9. The van der Waals surface area contributed by atoms with E-state index >= 15 is 0 Å². The molecule has 0 saturated carbocycles. The Labute approximate surface area is 213 Å². The number of amides is 1. The first-order valence-electron chi connectivity index (χ1n) is 11.3. The van der Waals surface area contributed by atoms with Crippen molar-refractivity contribution in [1.82, 2.24) is 0 Å². The van der Waals surface area contributed by atoms with Crippen molar-refractivity contribution in [3.05, 3.63) is 48.0 Å². The van der Waals surface area contributed by atoms with E-state index in [4.69, 9.17) is 4.74 Å².